The van der Waals surface area contributed by atoms with E-state index in [0.29, 0.717) is 23.2 Å². The summed E-state index contributed by atoms with van der Waals surface area (Å²) in [5, 5.41) is 5.56. The van der Waals surface area contributed by atoms with E-state index in [-0.39, 0.29) is 0 Å². The summed E-state index contributed by atoms with van der Waals surface area (Å²) < 4.78 is 0. The highest BCUT2D eigenvalue weighted by molar-refractivity contribution is 6.23. The summed E-state index contributed by atoms with van der Waals surface area (Å²) in [5.41, 5.74) is 10.3. The average molecular weight is 715 g/mol. The summed E-state index contributed by atoms with van der Waals surface area (Å²) in [6, 6.07) is 55.5. The molecule has 10 aromatic rings. The molecule has 10 rings (SSSR count). The average Bonchev–Trinajstić information content (AvgIpc) is 3.29. The van der Waals surface area contributed by atoms with E-state index in [4.69, 9.17) is 31.5 Å². The highest BCUT2D eigenvalue weighted by atomic mass is 15.0. The summed E-state index contributed by atoms with van der Waals surface area (Å²) in [6.07, 6.45) is 5.69. The van der Waals surface area contributed by atoms with Crippen molar-refractivity contribution in [3.05, 3.63) is 194 Å². The molecule has 0 fully saturated rings. The molecule has 0 aliphatic rings. The van der Waals surface area contributed by atoms with Crippen molar-refractivity contribution in [3.63, 3.8) is 0 Å². The van der Waals surface area contributed by atoms with Gasteiger partial charge in [-0.2, -0.15) is 0 Å². The highest BCUT2D eigenvalue weighted by Gasteiger charge is 2.17. The fourth-order valence-electron chi connectivity index (χ4n) is 7.55. The molecule has 6 nitrogen and oxygen atoms in total. The van der Waals surface area contributed by atoms with Crippen molar-refractivity contribution in [3.8, 4) is 67.5 Å². The molecule has 0 atom stereocenters. The van der Waals surface area contributed by atoms with Gasteiger partial charge in [-0.1, -0.05) is 127 Å². The first-order chi connectivity index (χ1) is 27.7. The van der Waals surface area contributed by atoms with Crippen LogP contribution in [-0.4, -0.2) is 24.9 Å². The molecule has 0 amide bonds. The smallest absolute Gasteiger partial charge is 0.187 e. The lowest BCUT2D eigenvalue weighted by Gasteiger charge is -2.16. The van der Waals surface area contributed by atoms with Crippen LogP contribution in [-0.2, 0) is 0 Å². The zero-order chi connectivity index (χ0) is 37.4. The molecule has 7 aromatic carbocycles. The second kappa shape index (κ2) is 13.8. The lowest BCUT2D eigenvalue weighted by Crippen LogP contribution is -2.00. The standard InChI is InChI=1S/C50H30N6/c1-51-39-20-11-18-35(27-39)44-29-45-41-22-9-8-21-40(41)43(28-46(45)42-23-12-24-53-47(42)44)38-26-37(30-52-31-38)34-17-10-19-36(25-34)50-55-48(32-13-4-2-5-14-32)54-49(56-50)33-15-6-3-7-16-33/h2-31H. The van der Waals surface area contributed by atoms with Gasteiger partial charge < -0.3 is 0 Å². The molecule has 3 heterocycles. The molecular formula is C50H30N6. The minimum Gasteiger partial charge on any atom is -0.263 e. The second-order valence-electron chi connectivity index (χ2n) is 13.6. The van der Waals surface area contributed by atoms with Gasteiger partial charge >= 0.3 is 0 Å². The maximum Gasteiger partial charge on any atom is 0.187 e. The Balaban J connectivity index is 1.11. The van der Waals surface area contributed by atoms with Gasteiger partial charge in [0, 0.05) is 57.4 Å². The zero-order valence-corrected chi connectivity index (χ0v) is 30.0. The molecule has 0 radical (unpaired) electrons. The Hall–Kier alpha value is -7.88. The minimum absolute atomic E-state index is 0.602. The lowest BCUT2D eigenvalue weighted by molar-refractivity contribution is 1.07. The Bertz CT molecular complexity index is 3090. The van der Waals surface area contributed by atoms with Crippen LogP contribution in [0.2, 0.25) is 0 Å². The van der Waals surface area contributed by atoms with Gasteiger partial charge in [0.2, 0.25) is 0 Å². The third-order valence-corrected chi connectivity index (χ3v) is 10.2. The van der Waals surface area contributed by atoms with E-state index < -0.39 is 0 Å². The van der Waals surface area contributed by atoms with Gasteiger partial charge in [0.05, 0.1) is 12.1 Å². The fourth-order valence-corrected chi connectivity index (χ4v) is 7.55. The first-order valence-electron chi connectivity index (χ1n) is 18.3. The highest BCUT2D eigenvalue weighted by Crippen LogP contribution is 2.42. The number of benzene rings is 7. The Morgan fingerprint density at radius 1 is 0.375 bits per heavy atom. The molecule has 0 saturated heterocycles. The molecule has 0 aliphatic carbocycles. The Morgan fingerprint density at radius 2 is 0.929 bits per heavy atom. The normalized spacial score (nSPS) is 11.2. The van der Waals surface area contributed by atoms with Crippen LogP contribution < -0.4 is 0 Å². The molecule has 6 heteroatoms. The predicted molar refractivity (Wildman–Crippen MR) is 227 cm³/mol. The van der Waals surface area contributed by atoms with E-state index >= 15 is 0 Å². The fraction of sp³-hybridized carbons (Fsp3) is 0. The number of nitrogens with zero attached hydrogens (tertiary/aromatic N) is 6. The topological polar surface area (TPSA) is 68.8 Å². The number of rotatable bonds is 6. The van der Waals surface area contributed by atoms with Gasteiger partial charge in [-0.15, -0.1) is 0 Å². The number of hydrogen-bond donors (Lipinski definition) is 0. The van der Waals surface area contributed by atoms with Crippen molar-refractivity contribution < 1.29 is 0 Å². The van der Waals surface area contributed by atoms with Crippen molar-refractivity contribution in [2.45, 2.75) is 0 Å². The van der Waals surface area contributed by atoms with Crippen molar-refractivity contribution in [2.24, 2.45) is 0 Å². The molecule has 0 N–H and O–H groups in total. The predicted octanol–water partition coefficient (Wildman–Crippen LogP) is 12.7. The molecule has 0 bridgehead atoms. The van der Waals surface area contributed by atoms with E-state index in [1.54, 1.807) is 0 Å². The first kappa shape index (κ1) is 32.7. The van der Waals surface area contributed by atoms with Gasteiger partial charge in [-0.3, -0.25) is 9.97 Å². The number of hydrogen-bond acceptors (Lipinski definition) is 5. The number of aromatic nitrogens is 5. The lowest BCUT2D eigenvalue weighted by atomic mass is 9.89. The second-order valence-corrected chi connectivity index (χ2v) is 13.6. The molecular weight excluding hydrogens is 685 g/mol. The maximum absolute atomic E-state index is 7.60. The summed E-state index contributed by atoms with van der Waals surface area (Å²) >= 11 is 0. The largest absolute Gasteiger partial charge is 0.263 e. The summed E-state index contributed by atoms with van der Waals surface area (Å²) in [7, 11) is 0. The molecule has 0 spiro atoms. The Kier molecular flexibility index (Phi) is 8.09. The van der Waals surface area contributed by atoms with E-state index in [1.807, 2.05) is 116 Å². The molecule has 260 valence electrons. The van der Waals surface area contributed by atoms with E-state index in [2.05, 4.69) is 71.6 Å². The van der Waals surface area contributed by atoms with Gasteiger partial charge in [0.15, 0.2) is 23.2 Å². The first-order valence-corrected chi connectivity index (χ1v) is 18.3. The molecule has 0 unspecified atom stereocenters. The van der Waals surface area contributed by atoms with Crippen molar-refractivity contribution in [1.29, 1.82) is 0 Å². The van der Waals surface area contributed by atoms with E-state index in [0.717, 1.165) is 82.5 Å². The van der Waals surface area contributed by atoms with Crippen molar-refractivity contribution in [2.75, 3.05) is 0 Å². The van der Waals surface area contributed by atoms with Crippen LogP contribution in [0.15, 0.2) is 182 Å². The van der Waals surface area contributed by atoms with Gasteiger partial charge in [-0.05, 0) is 74.6 Å². The quantitative estimate of drug-likeness (QED) is 0.127. The van der Waals surface area contributed by atoms with Crippen molar-refractivity contribution in [1.82, 2.24) is 24.9 Å². The Morgan fingerprint density at radius 3 is 1.68 bits per heavy atom. The van der Waals surface area contributed by atoms with Crippen LogP contribution in [0.4, 0.5) is 5.69 Å². The van der Waals surface area contributed by atoms with Crippen LogP contribution in [0.1, 0.15) is 0 Å². The van der Waals surface area contributed by atoms with Crippen LogP contribution in [0.5, 0.6) is 0 Å². The van der Waals surface area contributed by atoms with Crippen molar-refractivity contribution >= 4 is 38.1 Å². The third kappa shape index (κ3) is 5.90. The van der Waals surface area contributed by atoms with Gasteiger partial charge in [-0.25, -0.2) is 19.8 Å². The Labute approximate surface area is 323 Å². The molecule has 56 heavy (non-hydrogen) atoms. The third-order valence-electron chi connectivity index (χ3n) is 10.2. The van der Waals surface area contributed by atoms with Gasteiger partial charge in [0.1, 0.15) is 0 Å². The number of pyridine rings is 2. The molecule has 0 saturated carbocycles. The van der Waals surface area contributed by atoms with E-state index in [1.165, 1.54) is 0 Å². The zero-order valence-electron chi connectivity index (χ0n) is 30.0. The van der Waals surface area contributed by atoms with Crippen LogP contribution >= 0.6 is 0 Å². The van der Waals surface area contributed by atoms with Crippen LogP contribution in [0, 0.1) is 6.57 Å². The van der Waals surface area contributed by atoms with Crippen LogP contribution in [0.25, 0.3) is 105 Å². The SMILES string of the molecule is [C-]#[N+]c1cccc(-c2cc3c4ccccc4c(-c4cncc(-c5cccc(-c6nc(-c7ccccc7)nc(-c7ccccc7)n6)c5)c4)cc3c3cccnc23)c1. The summed E-state index contributed by atoms with van der Waals surface area (Å²) in [6.45, 7) is 7.60. The summed E-state index contributed by atoms with van der Waals surface area (Å²) in [5.74, 6) is 1.85. The number of fused-ring (bicyclic) bond motifs is 5. The van der Waals surface area contributed by atoms with Crippen LogP contribution in [0.3, 0.4) is 0 Å². The molecule has 3 aromatic heterocycles. The summed E-state index contributed by atoms with van der Waals surface area (Å²) in [4.78, 5) is 28.2. The minimum atomic E-state index is 0.602. The maximum atomic E-state index is 7.60. The monoisotopic (exact) mass is 714 g/mol. The molecule has 0 aliphatic heterocycles. The van der Waals surface area contributed by atoms with E-state index in [9.17, 15) is 0 Å². The van der Waals surface area contributed by atoms with Gasteiger partial charge in [0.25, 0.3) is 0 Å².